The highest BCUT2D eigenvalue weighted by Crippen LogP contribution is 2.33. The van der Waals surface area contributed by atoms with Crippen molar-refractivity contribution in [1.29, 1.82) is 0 Å². The summed E-state index contributed by atoms with van der Waals surface area (Å²) in [5, 5.41) is 0. The highest BCUT2D eigenvalue weighted by molar-refractivity contribution is 5.78. The lowest BCUT2D eigenvalue weighted by atomic mass is 9.85. The molecule has 2 aromatic carbocycles. The average Bonchev–Trinajstić information content (AvgIpc) is 3.28. The molecule has 4 rings (SSSR count). The van der Waals surface area contributed by atoms with Crippen LogP contribution in [0.1, 0.15) is 47.4 Å². The van der Waals surface area contributed by atoms with Crippen LogP contribution in [0.5, 0.6) is 0 Å². The van der Waals surface area contributed by atoms with Crippen LogP contribution in [0.4, 0.5) is 8.78 Å². The molecule has 0 saturated carbocycles. The van der Waals surface area contributed by atoms with Gasteiger partial charge in [-0.15, -0.1) is 0 Å². The van der Waals surface area contributed by atoms with E-state index in [1.54, 1.807) is 13.0 Å². The number of carbonyl (C=O) groups excluding carboxylic acids is 1. The Morgan fingerprint density at radius 1 is 1.09 bits per heavy atom. The minimum absolute atomic E-state index is 0.0549. The number of likely N-dealkylation sites (tertiary alicyclic amines) is 2. The summed E-state index contributed by atoms with van der Waals surface area (Å²) in [6.07, 6.45) is 2.87. The summed E-state index contributed by atoms with van der Waals surface area (Å²) in [4.78, 5) is 17.1. The first kappa shape index (κ1) is 22.9. The largest absolute Gasteiger partial charge is 0.373 e. The minimum Gasteiger partial charge on any atom is -0.373 e. The van der Waals surface area contributed by atoms with Crippen molar-refractivity contribution in [2.45, 2.75) is 51.7 Å². The fourth-order valence-electron chi connectivity index (χ4n) is 4.95. The molecule has 0 N–H and O–H groups in total. The van der Waals surface area contributed by atoms with Crippen LogP contribution in [0.15, 0.2) is 36.4 Å². The number of aryl methyl sites for hydroxylation is 1. The van der Waals surface area contributed by atoms with Crippen LogP contribution in [-0.4, -0.2) is 54.5 Å². The van der Waals surface area contributed by atoms with Gasteiger partial charge in [-0.3, -0.25) is 9.69 Å². The second-order valence-corrected chi connectivity index (χ2v) is 9.09. The zero-order valence-electron chi connectivity index (χ0n) is 18.9. The number of amides is 1. The Kier molecular flexibility index (Phi) is 7.21. The smallest absolute Gasteiger partial charge is 0.236 e. The van der Waals surface area contributed by atoms with Gasteiger partial charge in [0.1, 0.15) is 11.6 Å². The number of ether oxygens (including phenoxy) is 1. The molecule has 172 valence electrons. The van der Waals surface area contributed by atoms with E-state index in [1.165, 1.54) is 18.2 Å². The standard InChI is InChI=1S/C26H32F2N2O2/c1-18-14-21(27)8-9-22(18)23-15-30(26(31)16-29-11-3-4-12-29)13-10-25(23)32-17-20-6-5-7-24(28)19(20)2/h5-9,14,23,25H,3-4,10-13,15-17H2,1-2H3. The van der Waals surface area contributed by atoms with Crippen molar-refractivity contribution < 1.29 is 18.3 Å². The Balaban J connectivity index is 1.51. The monoisotopic (exact) mass is 442 g/mol. The molecular weight excluding hydrogens is 410 g/mol. The second kappa shape index (κ2) is 10.1. The molecule has 4 nitrogen and oxygen atoms in total. The number of halogens is 2. The lowest BCUT2D eigenvalue weighted by molar-refractivity contribution is -0.135. The van der Waals surface area contributed by atoms with Gasteiger partial charge >= 0.3 is 0 Å². The van der Waals surface area contributed by atoms with Crippen molar-refractivity contribution in [3.63, 3.8) is 0 Å². The highest BCUT2D eigenvalue weighted by Gasteiger charge is 2.34. The minimum atomic E-state index is -0.267. The van der Waals surface area contributed by atoms with Gasteiger partial charge in [-0.2, -0.15) is 0 Å². The molecule has 2 fully saturated rings. The van der Waals surface area contributed by atoms with Gasteiger partial charge in [0.25, 0.3) is 0 Å². The summed E-state index contributed by atoms with van der Waals surface area (Å²) < 4.78 is 34.0. The van der Waals surface area contributed by atoms with E-state index in [0.717, 1.165) is 42.6 Å². The first-order chi connectivity index (χ1) is 15.4. The molecule has 0 aromatic heterocycles. The van der Waals surface area contributed by atoms with Gasteiger partial charge in [-0.1, -0.05) is 18.2 Å². The summed E-state index contributed by atoms with van der Waals surface area (Å²) in [6.45, 7) is 7.59. The van der Waals surface area contributed by atoms with Gasteiger partial charge in [-0.05, 0) is 86.7 Å². The summed E-state index contributed by atoms with van der Waals surface area (Å²) in [5.74, 6) is -0.409. The topological polar surface area (TPSA) is 32.8 Å². The lowest BCUT2D eigenvalue weighted by Crippen LogP contribution is -2.48. The molecular formula is C26H32F2N2O2. The van der Waals surface area contributed by atoms with Gasteiger partial charge in [-0.25, -0.2) is 8.78 Å². The lowest BCUT2D eigenvalue weighted by Gasteiger charge is -2.40. The molecule has 1 amide bonds. The summed E-state index contributed by atoms with van der Waals surface area (Å²) in [5.41, 5.74) is 3.29. The fourth-order valence-corrected chi connectivity index (χ4v) is 4.95. The van der Waals surface area contributed by atoms with Crippen LogP contribution in [0, 0.1) is 25.5 Å². The van der Waals surface area contributed by atoms with Crippen molar-refractivity contribution in [3.8, 4) is 0 Å². The third-order valence-corrected chi connectivity index (χ3v) is 6.92. The van der Waals surface area contributed by atoms with E-state index in [0.29, 0.717) is 38.2 Å². The molecule has 2 aliphatic heterocycles. The van der Waals surface area contributed by atoms with E-state index in [1.807, 2.05) is 24.0 Å². The maximum Gasteiger partial charge on any atom is 0.236 e. The molecule has 0 spiro atoms. The normalized spacial score (nSPS) is 21.8. The first-order valence-corrected chi connectivity index (χ1v) is 11.5. The van der Waals surface area contributed by atoms with Gasteiger partial charge < -0.3 is 9.64 Å². The van der Waals surface area contributed by atoms with Gasteiger partial charge in [0.05, 0.1) is 19.3 Å². The average molecular weight is 443 g/mol. The number of hydrogen-bond donors (Lipinski definition) is 0. The van der Waals surface area contributed by atoms with E-state index < -0.39 is 0 Å². The van der Waals surface area contributed by atoms with Crippen molar-refractivity contribution in [2.75, 3.05) is 32.7 Å². The summed E-state index contributed by atoms with van der Waals surface area (Å²) in [7, 11) is 0. The molecule has 0 aliphatic carbocycles. The predicted molar refractivity (Wildman–Crippen MR) is 120 cm³/mol. The molecule has 2 aliphatic rings. The summed E-state index contributed by atoms with van der Waals surface area (Å²) in [6, 6.07) is 9.85. The second-order valence-electron chi connectivity index (χ2n) is 9.09. The zero-order chi connectivity index (χ0) is 22.7. The maximum atomic E-state index is 13.9. The van der Waals surface area contributed by atoms with Gasteiger partial charge in [0.15, 0.2) is 0 Å². The zero-order valence-corrected chi connectivity index (χ0v) is 18.9. The van der Waals surface area contributed by atoms with E-state index in [-0.39, 0.29) is 29.6 Å². The van der Waals surface area contributed by atoms with Crippen LogP contribution >= 0.6 is 0 Å². The third-order valence-electron chi connectivity index (χ3n) is 6.92. The van der Waals surface area contributed by atoms with Gasteiger partial charge in [0, 0.05) is 19.0 Å². The van der Waals surface area contributed by atoms with Crippen LogP contribution in [0.25, 0.3) is 0 Å². The first-order valence-electron chi connectivity index (χ1n) is 11.5. The molecule has 2 atom stereocenters. The van der Waals surface area contributed by atoms with Crippen LogP contribution in [0.2, 0.25) is 0 Å². The van der Waals surface area contributed by atoms with Crippen molar-refractivity contribution in [2.24, 2.45) is 0 Å². The number of piperidine rings is 1. The Morgan fingerprint density at radius 2 is 1.88 bits per heavy atom. The molecule has 2 saturated heterocycles. The number of rotatable bonds is 6. The Morgan fingerprint density at radius 3 is 2.62 bits per heavy atom. The molecule has 2 unspecified atom stereocenters. The van der Waals surface area contributed by atoms with Crippen molar-refractivity contribution in [1.82, 2.24) is 9.80 Å². The number of nitrogens with zero attached hydrogens (tertiary/aromatic N) is 2. The predicted octanol–water partition coefficient (Wildman–Crippen LogP) is 4.58. The van der Waals surface area contributed by atoms with Crippen LogP contribution < -0.4 is 0 Å². The molecule has 0 bridgehead atoms. The molecule has 32 heavy (non-hydrogen) atoms. The van der Waals surface area contributed by atoms with E-state index in [4.69, 9.17) is 4.74 Å². The number of benzene rings is 2. The summed E-state index contributed by atoms with van der Waals surface area (Å²) >= 11 is 0. The van der Waals surface area contributed by atoms with E-state index >= 15 is 0 Å². The Hall–Kier alpha value is -2.31. The number of carbonyl (C=O) groups is 1. The van der Waals surface area contributed by atoms with E-state index in [9.17, 15) is 13.6 Å². The van der Waals surface area contributed by atoms with Crippen molar-refractivity contribution >= 4 is 5.91 Å². The molecule has 0 radical (unpaired) electrons. The SMILES string of the molecule is Cc1cc(F)ccc1C1CN(C(=O)CN2CCCC2)CCC1OCc1cccc(F)c1C. The Bertz CT molecular complexity index is 959. The van der Waals surface area contributed by atoms with Crippen LogP contribution in [0.3, 0.4) is 0 Å². The maximum absolute atomic E-state index is 13.9. The fraction of sp³-hybridized carbons (Fsp3) is 0.500. The number of hydrogen-bond acceptors (Lipinski definition) is 3. The van der Waals surface area contributed by atoms with E-state index in [2.05, 4.69) is 4.90 Å². The third kappa shape index (κ3) is 5.18. The molecule has 2 aromatic rings. The highest BCUT2D eigenvalue weighted by atomic mass is 19.1. The quantitative estimate of drug-likeness (QED) is 0.657. The molecule has 2 heterocycles. The van der Waals surface area contributed by atoms with Gasteiger partial charge in [0.2, 0.25) is 5.91 Å². The van der Waals surface area contributed by atoms with Crippen molar-refractivity contribution in [3.05, 3.63) is 70.3 Å². The Labute approximate surface area is 189 Å². The van der Waals surface area contributed by atoms with Crippen LogP contribution in [-0.2, 0) is 16.1 Å². The molecule has 6 heteroatoms.